The molecule has 0 aliphatic carbocycles. The van der Waals surface area contributed by atoms with Gasteiger partial charge >= 0.3 is 0 Å². The van der Waals surface area contributed by atoms with Gasteiger partial charge in [-0.1, -0.05) is 47.5 Å². The largest absolute Gasteiger partial charge is 0.489 e. The van der Waals surface area contributed by atoms with E-state index in [0.29, 0.717) is 39.0 Å². The number of anilines is 3. The molecule has 1 heterocycles. The van der Waals surface area contributed by atoms with Crippen molar-refractivity contribution < 1.29 is 19.1 Å². The molecule has 1 aliphatic rings. The fourth-order valence-electron chi connectivity index (χ4n) is 3.66. The second-order valence-corrected chi connectivity index (χ2v) is 9.20. The van der Waals surface area contributed by atoms with E-state index in [1.165, 1.54) is 6.07 Å². The second kappa shape index (κ2) is 10.4. The van der Waals surface area contributed by atoms with E-state index >= 15 is 0 Å². The minimum absolute atomic E-state index is 0.0597. The standard InChI is InChI=1S/C27H23Cl2N3O4/c1-15(2)36-22-10-5-4-9-20(22)31-25(33)17-7-6-8-19(13-17)30-24-23(29)26(34)32(27(24)35)21-14-18(28)12-11-16(21)3/h4-15,30H,1-3H3,(H,31,33). The molecule has 0 spiro atoms. The number of halogens is 2. The van der Waals surface area contributed by atoms with Crippen LogP contribution in [0.25, 0.3) is 0 Å². The molecule has 3 aromatic rings. The summed E-state index contributed by atoms with van der Waals surface area (Å²) in [7, 11) is 0. The first kappa shape index (κ1) is 25.3. The smallest absolute Gasteiger partial charge is 0.283 e. The molecule has 4 rings (SSSR count). The van der Waals surface area contributed by atoms with Crippen LogP contribution < -0.4 is 20.3 Å². The van der Waals surface area contributed by atoms with Crippen LogP contribution in [0.2, 0.25) is 5.02 Å². The summed E-state index contributed by atoms with van der Waals surface area (Å²) < 4.78 is 5.76. The highest BCUT2D eigenvalue weighted by atomic mass is 35.5. The van der Waals surface area contributed by atoms with Gasteiger partial charge in [0, 0.05) is 16.3 Å². The van der Waals surface area contributed by atoms with Crippen molar-refractivity contribution in [2.75, 3.05) is 15.5 Å². The summed E-state index contributed by atoms with van der Waals surface area (Å²) in [5.74, 6) is -1.10. The Morgan fingerprint density at radius 2 is 1.69 bits per heavy atom. The summed E-state index contributed by atoms with van der Waals surface area (Å²) in [6.07, 6.45) is -0.0597. The molecule has 0 aromatic heterocycles. The maximum Gasteiger partial charge on any atom is 0.283 e. The van der Waals surface area contributed by atoms with Crippen LogP contribution in [0.5, 0.6) is 5.75 Å². The van der Waals surface area contributed by atoms with Crippen LogP contribution in [0.15, 0.2) is 77.5 Å². The number of hydrogen-bond acceptors (Lipinski definition) is 5. The molecular formula is C27H23Cl2N3O4. The lowest BCUT2D eigenvalue weighted by atomic mass is 10.1. The van der Waals surface area contributed by atoms with Gasteiger partial charge in [-0.2, -0.15) is 0 Å². The zero-order chi connectivity index (χ0) is 26.0. The minimum Gasteiger partial charge on any atom is -0.489 e. The van der Waals surface area contributed by atoms with E-state index in [1.54, 1.807) is 61.5 Å². The quantitative estimate of drug-likeness (QED) is 0.364. The van der Waals surface area contributed by atoms with Crippen molar-refractivity contribution in [3.8, 4) is 5.75 Å². The van der Waals surface area contributed by atoms with Crippen molar-refractivity contribution in [1.29, 1.82) is 0 Å². The Morgan fingerprint density at radius 1 is 0.944 bits per heavy atom. The van der Waals surface area contributed by atoms with Crippen LogP contribution in [-0.4, -0.2) is 23.8 Å². The number of carbonyl (C=O) groups excluding carboxylic acids is 3. The minimum atomic E-state index is -0.662. The van der Waals surface area contributed by atoms with Crippen LogP contribution in [0.1, 0.15) is 29.8 Å². The molecule has 0 atom stereocenters. The Labute approximate surface area is 218 Å². The van der Waals surface area contributed by atoms with Gasteiger partial charge in [-0.05, 0) is 68.8 Å². The van der Waals surface area contributed by atoms with Crippen molar-refractivity contribution in [2.24, 2.45) is 0 Å². The van der Waals surface area contributed by atoms with Gasteiger partial charge in [0.1, 0.15) is 16.5 Å². The summed E-state index contributed by atoms with van der Waals surface area (Å²) in [6, 6.07) is 18.6. The number of hydrogen-bond donors (Lipinski definition) is 2. The van der Waals surface area contributed by atoms with E-state index in [2.05, 4.69) is 10.6 Å². The predicted octanol–water partition coefficient (Wildman–Crippen LogP) is 6.12. The first-order valence-electron chi connectivity index (χ1n) is 11.1. The van der Waals surface area contributed by atoms with Crippen molar-refractivity contribution in [3.63, 3.8) is 0 Å². The van der Waals surface area contributed by atoms with E-state index in [-0.39, 0.29) is 22.7 Å². The van der Waals surface area contributed by atoms with Gasteiger partial charge in [0.2, 0.25) is 0 Å². The molecule has 0 saturated carbocycles. The predicted molar refractivity (Wildman–Crippen MR) is 142 cm³/mol. The molecule has 0 saturated heterocycles. The third-order valence-electron chi connectivity index (χ3n) is 5.33. The summed E-state index contributed by atoms with van der Waals surface area (Å²) in [4.78, 5) is 39.9. The van der Waals surface area contributed by atoms with E-state index in [1.807, 2.05) is 19.9 Å². The van der Waals surface area contributed by atoms with E-state index in [9.17, 15) is 14.4 Å². The number of nitrogens with zero attached hydrogens (tertiary/aromatic N) is 1. The maximum absolute atomic E-state index is 13.1. The number of amides is 3. The zero-order valence-corrected chi connectivity index (χ0v) is 21.3. The monoisotopic (exact) mass is 523 g/mol. The van der Waals surface area contributed by atoms with Gasteiger partial charge in [-0.25, -0.2) is 4.90 Å². The summed E-state index contributed by atoms with van der Waals surface area (Å²) in [6.45, 7) is 5.56. The molecule has 0 fully saturated rings. The average molecular weight is 524 g/mol. The molecule has 7 nitrogen and oxygen atoms in total. The second-order valence-electron chi connectivity index (χ2n) is 8.39. The maximum atomic E-state index is 13.1. The Kier molecular flexibility index (Phi) is 7.33. The Hall–Kier alpha value is -3.81. The fourth-order valence-corrected chi connectivity index (χ4v) is 4.04. The van der Waals surface area contributed by atoms with Crippen LogP contribution >= 0.6 is 23.2 Å². The molecule has 184 valence electrons. The van der Waals surface area contributed by atoms with Crippen molar-refractivity contribution in [2.45, 2.75) is 26.9 Å². The van der Waals surface area contributed by atoms with Crippen LogP contribution in [0, 0.1) is 6.92 Å². The highest BCUT2D eigenvalue weighted by Crippen LogP contribution is 2.33. The Balaban J connectivity index is 1.55. The Bertz CT molecular complexity index is 1400. The number of aryl methyl sites for hydroxylation is 1. The summed E-state index contributed by atoms with van der Waals surface area (Å²) in [5.41, 5.74) is 2.22. The number of nitrogens with one attached hydrogen (secondary N) is 2. The average Bonchev–Trinajstić information content (AvgIpc) is 3.05. The number of rotatable bonds is 7. The fraction of sp³-hybridized carbons (Fsp3) is 0.148. The van der Waals surface area contributed by atoms with Crippen LogP contribution in [-0.2, 0) is 9.59 Å². The highest BCUT2D eigenvalue weighted by Gasteiger charge is 2.39. The van der Waals surface area contributed by atoms with Crippen LogP contribution in [0.4, 0.5) is 17.1 Å². The molecule has 2 N–H and O–H groups in total. The molecule has 3 amide bonds. The van der Waals surface area contributed by atoms with Gasteiger partial charge in [0.25, 0.3) is 17.7 Å². The molecule has 0 bridgehead atoms. The summed E-state index contributed by atoms with van der Waals surface area (Å²) >= 11 is 12.3. The van der Waals surface area contributed by atoms with Crippen molar-refractivity contribution in [3.05, 3.63) is 93.6 Å². The third-order valence-corrected chi connectivity index (χ3v) is 5.92. The molecule has 9 heteroatoms. The molecule has 0 radical (unpaired) electrons. The summed E-state index contributed by atoms with van der Waals surface area (Å²) in [5, 5.41) is 5.87. The van der Waals surface area contributed by atoms with Gasteiger partial charge in [0.15, 0.2) is 0 Å². The first-order chi connectivity index (χ1) is 17.2. The normalized spacial score (nSPS) is 13.4. The molecular weight excluding hydrogens is 501 g/mol. The zero-order valence-electron chi connectivity index (χ0n) is 19.8. The number of imide groups is 1. The number of carbonyl (C=O) groups is 3. The first-order valence-corrected chi connectivity index (χ1v) is 11.9. The molecule has 0 unspecified atom stereocenters. The van der Waals surface area contributed by atoms with E-state index < -0.39 is 11.8 Å². The Morgan fingerprint density at radius 3 is 2.44 bits per heavy atom. The molecule has 1 aliphatic heterocycles. The lowest BCUT2D eigenvalue weighted by molar-refractivity contribution is -0.120. The van der Waals surface area contributed by atoms with Crippen molar-refractivity contribution in [1.82, 2.24) is 0 Å². The van der Waals surface area contributed by atoms with Crippen LogP contribution in [0.3, 0.4) is 0 Å². The van der Waals surface area contributed by atoms with Gasteiger partial charge in [0.05, 0.1) is 17.5 Å². The van der Waals surface area contributed by atoms with Gasteiger partial charge in [-0.3, -0.25) is 14.4 Å². The van der Waals surface area contributed by atoms with E-state index in [4.69, 9.17) is 27.9 Å². The lowest BCUT2D eigenvalue weighted by Gasteiger charge is -2.18. The number of ether oxygens (including phenoxy) is 1. The topological polar surface area (TPSA) is 87.7 Å². The van der Waals surface area contributed by atoms with Gasteiger partial charge < -0.3 is 15.4 Å². The molecule has 3 aromatic carbocycles. The third kappa shape index (κ3) is 5.22. The van der Waals surface area contributed by atoms with Gasteiger partial charge in [-0.15, -0.1) is 0 Å². The van der Waals surface area contributed by atoms with Crippen molar-refractivity contribution >= 4 is 58.0 Å². The van der Waals surface area contributed by atoms with E-state index in [0.717, 1.165) is 4.90 Å². The number of benzene rings is 3. The SMILES string of the molecule is Cc1ccc(Cl)cc1N1C(=O)C(Cl)=C(Nc2cccc(C(=O)Nc3ccccc3OC(C)C)c2)C1=O. The number of para-hydroxylation sites is 2. The lowest BCUT2D eigenvalue weighted by Crippen LogP contribution is -2.32. The highest BCUT2D eigenvalue weighted by molar-refractivity contribution is 6.53. The molecule has 36 heavy (non-hydrogen) atoms.